The largest absolute Gasteiger partial charge is 0.461 e. The van der Waals surface area contributed by atoms with Crippen LogP contribution in [0.3, 0.4) is 0 Å². The summed E-state index contributed by atoms with van der Waals surface area (Å²) < 4.78 is 17.6. The van der Waals surface area contributed by atoms with E-state index < -0.39 is 12.6 Å². The highest BCUT2D eigenvalue weighted by Gasteiger charge is 2.20. The molecule has 0 aliphatic carbocycles. The van der Waals surface area contributed by atoms with E-state index >= 15 is 0 Å². The molecule has 18 heavy (non-hydrogen) atoms. The summed E-state index contributed by atoms with van der Waals surface area (Å²) >= 11 is 1.18. The summed E-state index contributed by atoms with van der Waals surface area (Å²) in [6.45, 7) is 1.32. The summed E-state index contributed by atoms with van der Waals surface area (Å²) in [7, 11) is 0. The van der Waals surface area contributed by atoms with E-state index in [4.69, 9.17) is 4.74 Å². The molecule has 1 aromatic heterocycles. The Morgan fingerprint density at radius 3 is 2.72 bits per heavy atom. The molecule has 2 aromatic rings. The number of carbonyl (C=O) groups excluding carboxylic acids is 1. The second-order valence-electron chi connectivity index (χ2n) is 3.51. The van der Waals surface area contributed by atoms with E-state index in [1.807, 2.05) is 30.3 Å². The molecule has 0 fully saturated rings. The highest BCUT2D eigenvalue weighted by Crippen LogP contribution is 2.31. The summed E-state index contributed by atoms with van der Waals surface area (Å²) in [6.07, 6.45) is 0. The molecule has 0 radical (unpaired) electrons. The molecule has 0 bridgehead atoms. The molecular formula is C13H12FNO2S. The lowest BCUT2D eigenvalue weighted by Gasteiger charge is -2.01. The van der Waals surface area contributed by atoms with Gasteiger partial charge in [-0.05, 0) is 12.5 Å². The number of hydrogen-bond acceptors (Lipinski definition) is 4. The maximum Gasteiger partial charge on any atom is 0.358 e. The van der Waals surface area contributed by atoms with Crippen molar-refractivity contribution in [1.29, 1.82) is 0 Å². The molecule has 5 heteroatoms. The predicted octanol–water partition coefficient (Wildman–Crippen LogP) is 3.46. The van der Waals surface area contributed by atoms with Crippen molar-refractivity contribution in [2.24, 2.45) is 0 Å². The number of esters is 1. The van der Waals surface area contributed by atoms with Crippen LogP contribution in [0, 0.1) is 0 Å². The van der Waals surface area contributed by atoms with Crippen molar-refractivity contribution in [2.45, 2.75) is 13.6 Å². The quantitative estimate of drug-likeness (QED) is 0.795. The van der Waals surface area contributed by atoms with E-state index in [1.165, 1.54) is 11.3 Å². The lowest BCUT2D eigenvalue weighted by molar-refractivity contribution is 0.0521. The van der Waals surface area contributed by atoms with Crippen LogP contribution in [-0.2, 0) is 11.4 Å². The van der Waals surface area contributed by atoms with E-state index in [0.717, 1.165) is 5.56 Å². The SMILES string of the molecule is CCOC(=O)c1nc(CF)sc1-c1ccccc1. The Bertz CT molecular complexity index is 539. The van der Waals surface area contributed by atoms with Gasteiger partial charge in [0, 0.05) is 0 Å². The van der Waals surface area contributed by atoms with E-state index in [2.05, 4.69) is 4.98 Å². The zero-order chi connectivity index (χ0) is 13.0. The van der Waals surface area contributed by atoms with Crippen molar-refractivity contribution in [3.63, 3.8) is 0 Å². The van der Waals surface area contributed by atoms with Crippen LogP contribution < -0.4 is 0 Å². The van der Waals surface area contributed by atoms with Gasteiger partial charge in [-0.15, -0.1) is 11.3 Å². The van der Waals surface area contributed by atoms with Gasteiger partial charge in [0.05, 0.1) is 11.5 Å². The van der Waals surface area contributed by atoms with Crippen LogP contribution in [0.4, 0.5) is 4.39 Å². The van der Waals surface area contributed by atoms with E-state index in [9.17, 15) is 9.18 Å². The second-order valence-corrected chi connectivity index (χ2v) is 4.59. The molecule has 0 N–H and O–H groups in total. The molecule has 0 aliphatic rings. The molecular weight excluding hydrogens is 253 g/mol. The van der Waals surface area contributed by atoms with E-state index in [-0.39, 0.29) is 17.3 Å². The van der Waals surface area contributed by atoms with Gasteiger partial charge in [-0.3, -0.25) is 0 Å². The van der Waals surface area contributed by atoms with Gasteiger partial charge in [-0.2, -0.15) is 0 Å². The molecule has 1 heterocycles. The number of carbonyl (C=O) groups is 1. The molecule has 0 atom stereocenters. The first-order valence-electron chi connectivity index (χ1n) is 5.54. The number of benzene rings is 1. The topological polar surface area (TPSA) is 39.2 Å². The van der Waals surface area contributed by atoms with Gasteiger partial charge >= 0.3 is 5.97 Å². The number of ether oxygens (including phenoxy) is 1. The Balaban J connectivity index is 2.45. The fourth-order valence-corrected chi connectivity index (χ4v) is 2.45. The normalized spacial score (nSPS) is 10.3. The third kappa shape index (κ3) is 2.56. The van der Waals surface area contributed by atoms with Gasteiger partial charge < -0.3 is 4.74 Å². The minimum absolute atomic E-state index is 0.195. The van der Waals surface area contributed by atoms with E-state index in [1.54, 1.807) is 6.92 Å². The summed E-state index contributed by atoms with van der Waals surface area (Å²) in [6, 6.07) is 9.32. The van der Waals surface area contributed by atoms with Crippen LogP contribution in [0.15, 0.2) is 30.3 Å². The molecule has 0 spiro atoms. The minimum Gasteiger partial charge on any atom is -0.461 e. The molecule has 0 amide bonds. The first-order valence-corrected chi connectivity index (χ1v) is 6.36. The highest BCUT2D eigenvalue weighted by atomic mass is 32.1. The van der Waals surface area contributed by atoms with Crippen LogP contribution in [-0.4, -0.2) is 17.6 Å². The zero-order valence-corrected chi connectivity index (χ0v) is 10.7. The van der Waals surface area contributed by atoms with Gasteiger partial charge in [0.2, 0.25) is 0 Å². The standard InChI is InChI=1S/C13H12FNO2S/c1-2-17-13(16)11-12(18-10(8-14)15-11)9-6-4-3-5-7-9/h3-7H,2,8H2,1H3. The van der Waals surface area contributed by atoms with Crippen LogP contribution in [0.5, 0.6) is 0 Å². The Labute approximate surface area is 108 Å². The number of rotatable bonds is 4. The van der Waals surface area contributed by atoms with Crippen molar-refractivity contribution in [3.8, 4) is 10.4 Å². The van der Waals surface area contributed by atoms with Crippen molar-refractivity contribution >= 4 is 17.3 Å². The van der Waals surface area contributed by atoms with Crippen molar-refractivity contribution in [2.75, 3.05) is 6.61 Å². The van der Waals surface area contributed by atoms with Crippen molar-refractivity contribution < 1.29 is 13.9 Å². The summed E-state index contributed by atoms with van der Waals surface area (Å²) in [4.78, 5) is 16.4. The summed E-state index contributed by atoms with van der Waals surface area (Å²) in [5, 5.41) is 0.289. The minimum atomic E-state index is -0.677. The third-order valence-corrected chi connectivity index (χ3v) is 3.36. The maximum absolute atomic E-state index is 12.7. The average Bonchev–Trinajstić information content (AvgIpc) is 2.84. The molecule has 94 valence electrons. The third-order valence-electron chi connectivity index (χ3n) is 2.29. The first kappa shape index (κ1) is 12.7. The van der Waals surface area contributed by atoms with Gasteiger partial charge in [-0.1, -0.05) is 30.3 Å². The monoisotopic (exact) mass is 265 g/mol. The smallest absolute Gasteiger partial charge is 0.358 e. The van der Waals surface area contributed by atoms with Crippen LogP contribution in [0.2, 0.25) is 0 Å². The molecule has 0 saturated heterocycles. The average molecular weight is 265 g/mol. The molecule has 1 aromatic carbocycles. The Morgan fingerprint density at radius 2 is 2.11 bits per heavy atom. The van der Waals surface area contributed by atoms with Crippen LogP contribution in [0.1, 0.15) is 22.4 Å². The van der Waals surface area contributed by atoms with Gasteiger partial charge in [-0.25, -0.2) is 14.2 Å². The first-order chi connectivity index (χ1) is 8.76. The number of hydrogen-bond donors (Lipinski definition) is 0. The number of thiazole rings is 1. The van der Waals surface area contributed by atoms with Crippen molar-refractivity contribution in [1.82, 2.24) is 4.98 Å². The van der Waals surface area contributed by atoms with Gasteiger partial charge in [0.1, 0.15) is 11.7 Å². The fraction of sp³-hybridized carbons (Fsp3) is 0.231. The predicted molar refractivity (Wildman–Crippen MR) is 68.3 cm³/mol. The van der Waals surface area contributed by atoms with E-state index in [0.29, 0.717) is 4.88 Å². The molecule has 2 rings (SSSR count). The number of halogens is 1. The fourth-order valence-electron chi connectivity index (χ4n) is 1.54. The number of aromatic nitrogens is 1. The second kappa shape index (κ2) is 5.73. The molecule has 0 saturated carbocycles. The Hall–Kier alpha value is -1.75. The maximum atomic E-state index is 12.7. The lowest BCUT2D eigenvalue weighted by atomic mass is 10.1. The number of nitrogens with zero attached hydrogens (tertiary/aromatic N) is 1. The van der Waals surface area contributed by atoms with Crippen molar-refractivity contribution in [3.05, 3.63) is 41.0 Å². The lowest BCUT2D eigenvalue weighted by Crippen LogP contribution is -2.06. The van der Waals surface area contributed by atoms with Crippen LogP contribution >= 0.6 is 11.3 Å². The summed E-state index contributed by atoms with van der Waals surface area (Å²) in [5.41, 5.74) is 1.04. The molecule has 0 unspecified atom stereocenters. The van der Waals surface area contributed by atoms with Gasteiger partial charge in [0.25, 0.3) is 0 Å². The highest BCUT2D eigenvalue weighted by molar-refractivity contribution is 7.15. The Kier molecular flexibility index (Phi) is 4.04. The molecule has 3 nitrogen and oxygen atoms in total. The van der Waals surface area contributed by atoms with Crippen LogP contribution in [0.25, 0.3) is 10.4 Å². The molecule has 0 aliphatic heterocycles. The Morgan fingerprint density at radius 1 is 1.39 bits per heavy atom. The zero-order valence-electron chi connectivity index (χ0n) is 9.85. The van der Waals surface area contributed by atoms with Gasteiger partial charge in [0.15, 0.2) is 5.69 Å². The summed E-state index contributed by atoms with van der Waals surface area (Å²) in [5.74, 6) is -0.507. The number of alkyl halides is 1.